The fourth-order valence-corrected chi connectivity index (χ4v) is 3.13. The lowest BCUT2D eigenvalue weighted by Gasteiger charge is -2.32. The lowest BCUT2D eigenvalue weighted by Crippen LogP contribution is -2.48. The van der Waals surface area contributed by atoms with E-state index in [1.54, 1.807) is 14.2 Å². The van der Waals surface area contributed by atoms with Gasteiger partial charge in [0, 0.05) is 26.7 Å². The van der Waals surface area contributed by atoms with Gasteiger partial charge in [0.05, 0.1) is 13.2 Å². The number of nitrogens with zero attached hydrogens (tertiary/aromatic N) is 1. The van der Waals surface area contributed by atoms with Gasteiger partial charge in [-0.1, -0.05) is 39.0 Å². The van der Waals surface area contributed by atoms with Crippen LogP contribution in [0.25, 0.3) is 0 Å². The lowest BCUT2D eigenvalue weighted by atomic mass is 9.78. The summed E-state index contributed by atoms with van der Waals surface area (Å²) in [6, 6.07) is 0.334. The molecule has 0 aromatic rings. The number of hydrogen-bond donors (Lipinski definition) is 3. The molecule has 1 aliphatic carbocycles. The van der Waals surface area contributed by atoms with Crippen molar-refractivity contribution < 1.29 is 9.53 Å². The molecule has 0 saturated heterocycles. The van der Waals surface area contributed by atoms with Crippen LogP contribution < -0.4 is 16.0 Å². The van der Waals surface area contributed by atoms with Crippen molar-refractivity contribution in [1.82, 2.24) is 16.0 Å². The van der Waals surface area contributed by atoms with Crippen LogP contribution in [0.5, 0.6) is 0 Å². The van der Waals surface area contributed by atoms with Gasteiger partial charge in [0.2, 0.25) is 5.91 Å². The zero-order valence-electron chi connectivity index (χ0n) is 15.6. The molecule has 3 N–H and O–H groups in total. The molecular weight excluding hydrogens is 419 g/mol. The molecule has 1 amide bonds. The zero-order valence-corrected chi connectivity index (χ0v) is 17.9. The SMILES string of the molecule is CN=C(NCC(=O)NCCOC)NC(C)C(C)C1CCCCC1.I. The average molecular weight is 454 g/mol. The summed E-state index contributed by atoms with van der Waals surface area (Å²) in [6.45, 7) is 5.78. The maximum atomic E-state index is 11.7. The number of guanidine groups is 1. The minimum atomic E-state index is -0.0574. The minimum absolute atomic E-state index is 0. The zero-order chi connectivity index (χ0) is 17.1. The summed E-state index contributed by atoms with van der Waals surface area (Å²) in [5.74, 6) is 2.02. The standard InChI is InChI=1S/C17H34N4O2.HI/c1-13(15-8-6-5-7-9-15)14(2)21-17(18-3)20-12-16(22)19-10-11-23-4;/h13-15H,5-12H2,1-4H3,(H,19,22)(H2,18,20,21);1H. The summed E-state index contributed by atoms with van der Waals surface area (Å²) in [6.07, 6.45) is 6.77. The number of rotatable bonds is 8. The predicted molar refractivity (Wildman–Crippen MR) is 110 cm³/mol. The largest absolute Gasteiger partial charge is 0.383 e. The summed E-state index contributed by atoms with van der Waals surface area (Å²) < 4.78 is 4.90. The first-order chi connectivity index (χ1) is 11.1. The molecule has 0 spiro atoms. The number of hydrogen-bond acceptors (Lipinski definition) is 3. The maximum absolute atomic E-state index is 11.7. The molecule has 1 saturated carbocycles. The predicted octanol–water partition coefficient (Wildman–Crippen LogP) is 2.14. The number of nitrogens with one attached hydrogen (secondary N) is 3. The first-order valence-electron chi connectivity index (χ1n) is 8.81. The molecule has 1 fully saturated rings. The smallest absolute Gasteiger partial charge is 0.239 e. The third-order valence-electron chi connectivity index (χ3n) is 4.81. The summed E-state index contributed by atoms with van der Waals surface area (Å²) >= 11 is 0. The van der Waals surface area contributed by atoms with Gasteiger partial charge in [-0.3, -0.25) is 9.79 Å². The molecule has 0 aromatic carbocycles. The van der Waals surface area contributed by atoms with Gasteiger partial charge in [-0.2, -0.15) is 0 Å². The maximum Gasteiger partial charge on any atom is 0.239 e. The van der Waals surface area contributed by atoms with Crippen LogP contribution >= 0.6 is 24.0 Å². The third kappa shape index (κ3) is 9.05. The summed E-state index contributed by atoms with van der Waals surface area (Å²) in [4.78, 5) is 15.9. The number of carbonyl (C=O) groups excluding carboxylic acids is 1. The van der Waals surface area contributed by atoms with E-state index in [0.717, 1.165) is 5.92 Å². The van der Waals surface area contributed by atoms with E-state index in [4.69, 9.17) is 4.74 Å². The highest BCUT2D eigenvalue weighted by Crippen LogP contribution is 2.31. The second-order valence-electron chi connectivity index (χ2n) is 6.46. The molecule has 0 radical (unpaired) electrons. The second-order valence-corrected chi connectivity index (χ2v) is 6.46. The molecule has 2 atom stereocenters. The fourth-order valence-electron chi connectivity index (χ4n) is 3.13. The Hall–Kier alpha value is -0.570. The number of carbonyl (C=O) groups is 1. The van der Waals surface area contributed by atoms with Crippen molar-refractivity contribution in [2.75, 3.05) is 33.9 Å². The van der Waals surface area contributed by atoms with Crippen LogP contribution in [-0.2, 0) is 9.53 Å². The normalized spacial score (nSPS) is 18.2. The Morgan fingerprint density at radius 3 is 2.46 bits per heavy atom. The molecule has 7 heteroatoms. The van der Waals surface area contributed by atoms with Crippen LogP contribution in [-0.4, -0.2) is 51.8 Å². The second kappa shape index (κ2) is 13.7. The molecule has 142 valence electrons. The van der Waals surface area contributed by atoms with Gasteiger partial charge in [-0.25, -0.2) is 0 Å². The first kappa shape index (κ1) is 23.4. The Balaban J connectivity index is 0.00000529. The Morgan fingerprint density at radius 2 is 1.88 bits per heavy atom. The van der Waals surface area contributed by atoms with E-state index >= 15 is 0 Å². The monoisotopic (exact) mass is 454 g/mol. The first-order valence-corrected chi connectivity index (χ1v) is 8.81. The van der Waals surface area contributed by atoms with Crippen molar-refractivity contribution in [3.05, 3.63) is 0 Å². The van der Waals surface area contributed by atoms with Crippen LogP contribution in [0, 0.1) is 11.8 Å². The molecule has 24 heavy (non-hydrogen) atoms. The van der Waals surface area contributed by atoms with Crippen LogP contribution in [0.4, 0.5) is 0 Å². The van der Waals surface area contributed by atoms with Crippen LogP contribution in [0.15, 0.2) is 4.99 Å². The fraction of sp³-hybridized carbons (Fsp3) is 0.882. The van der Waals surface area contributed by atoms with Gasteiger partial charge in [0.25, 0.3) is 0 Å². The number of methoxy groups -OCH3 is 1. The topological polar surface area (TPSA) is 74.8 Å². The van der Waals surface area contributed by atoms with E-state index in [1.807, 2.05) is 0 Å². The molecule has 6 nitrogen and oxygen atoms in total. The van der Waals surface area contributed by atoms with Crippen molar-refractivity contribution in [3.8, 4) is 0 Å². The highest BCUT2D eigenvalue weighted by atomic mass is 127. The van der Waals surface area contributed by atoms with Gasteiger partial charge in [0.15, 0.2) is 5.96 Å². The highest BCUT2D eigenvalue weighted by molar-refractivity contribution is 14.0. The van der Waals surface area contributed by atoms with E-state index in [9.17, 15) is 4.79 Å². The van der Waals surface area contributed by atoms with E-state index in [0.29, 0.717) is 31.1 Å². The van der Waals surface area contributed by atoms with E-state index < -0.39 is 0 Å². The van der Waals surface area contributed by atoms with Crippen molar-refractivity contribution in [2.45, 2.75) is 52.0 Å². The van der Waals surface area contributed by atoms with E-state index in [2.05, 4.69) is 34.8 Å². The number of halogens is 1. The molecular formula is C17H35IN4O2. The Bertz CT molecular complexity index is 374. The minimum Gasteiger partial charge on any atom is -0.383 e. The van der Waals surface area contributed by atoms with Crippen molar-refractivity contribution >= 4 is 35.8 Å². The molecule has 2 unspecified atom stereocenters. The number of aliphatic imine (C=N–C) groups is 1. The average Bonchev–Trinajstić information content (AvgIpc) is 2.58. The summed E-state index contributed by atoms with van der Waals surface area (Å²) in [5.41, 5.74) is 0. The van der Waals surface area contributed by atoms with Crippen LogP contribution in [0.3, 0.4) is 0 Å². The van der Waals surface area contributed by atoms with Gasteiger partial charge >= 0.3 is 0 Å². The third-order valence-corrected chi connectivity index (χ3v) is 4.81. The van der Waals surface area contributed by atoms with Gasteiger partial charge in [-0.05, 0) is 18.8 Å². The number of ether oxygens (including phenoxy) is 1. The molecule has 0 aliphatic heterocycles. The van der Waals surface area contributed by atoms with Crippen molar-refractivity contribution in [3.63, 3.8) is 0 Å². The molecule has 0 aromatic heterocycles. The van der Waals surface area contributed by atoms with Gasteiger partial charge in [0.1, 0.15) is 0 Å². The molecule has 1 aliphatic rings. The number of amides is 1. The van der Waals surface area contributed by atoms with Crippen molar-refractivity contribution in [1.29, 1.82) is 0 Å². The Kier molecular flexibility index (Phi) is 13.4. The van der Waals surface area contributed by atoms with E-state index in [1.165, 1.54) is 32.1 Å². The highest BCUT2D eigenvalue weighted by Gasteiger charge is 2.25. The van der Waals surface area contributed by atoms with Crippen LogP contribution in [0.1, 0.15) is 46.0 Å². The molecule has 0 bridgehead atoms. The van der Waals surface area contributed by atoms with Crippen molar-refractivity contribution in [2.24, 2.45) is 16.8 Å². The lowest BCUT2D eigenvalue weighted by molar-refractivity contribution is -0.120. The van der Waals surface area contributed by atoms with E-state index in [-0.39, 0.29) is 36.4 Å². The van der Waals surface area contributed by atoms with Crippen LogP contribution in [0.2, 0.25) is 0 Å². The Morgan fingerprint density at radius 1 is 1.21 bits per heavy atom. The summed E-state index contributed by atoms with van der Waals surface area (Å²) in [7, 11) is 3.35. The van der Waals surface area contributed by atoms with Gasteiger partial charge < -0.3 is 20.7 Å². The molecule has 0 heterocycles. The summed E-state index contributed by atoms with van der Waals surface area (Å²) in [5, 5.41) is 9.27. The Labute approximate surface area is 164 Å². The quantitative estimate of drug-likeness (QED) is 0.228. The van der Waals surface area contributed by atoms with Gasteiger partial charge in [-0.15, -0.1) is 24.0 Å². The molecule has 1 rings (SSSR count).